The van der Waals surface area contributed by atoms with Crippen LogP contribution in [0.25, 0.3) is 0 Å². The van der Waals surface area contributed by atoms with Crippen molar-refractivity contribution in [2.75, 3.05) is 47.6 Å². The molecule has 38 heavy (non-hydrogen) atoms. The lowest BCUT2D eigenvalue weighted by Crippen LogP contribution is -2.50. The van der Waals surface area contributed by atoms with Crippen LogP contribution in [0.3, 0.4) is 0 Å². The highest BCUT2D eigenvalue weighted by Crippen LogP contribution is 2.34. The van der Waals surface area contributed by atoms with Gasteiger partial charge in [-0.15, -0.1) is 0 Å². The summed E-state index contributed by atoms with van der Waals surface area (Å²) >= 11 is 0. The van der Waals surface area contributed by atoms with Gasteiger partial charge in [-0.05, 0) is 37.3 Å². The van der Waals surface area contributed by atoms with Gasteiger partial charge in [0, 0.05) is 44.3 Å². The van der Waals surface area contributed by atoms with Gasteiger partial charge in [-0.2, -0.15) is 8.61 Å². The lowest BCUT2D eigenvalue weighted by molar-refractivity contribution is 0.0904. The van der Waals surface area contributed by atoms with Crippen molar-refractivity contribution in [3.05, 3.63) is 48.0 Å². The molecule has 0 saturated heterocycles. The Morgan fingerprint density at radius 1 is 1.24 bits per heavy atom. The van der Waals surface area contributed by atoms with E-state index in [4.69, 9.17) is 14.2 Å². The quantitative estimate of drug-likeness (QED) is 0.480. The molecular weight excluding hydrogens is 532 g/mol. The third-order valence-corrected chi connectivity index (χ3v) is 10.1. The number of aliphatic hydroxyl groups excluding tert-OH is 1. The normalized spacial score (nSPS) is 20.3. The molecule has 0 amide bonds. The number of aliphatic hydroxyl groups is 1. The maximum Gasteiger partial charge on any atom is 0.247 e. The molecule has 2 aromatic carbocycles. The molecule has 0 aliphatic carbocycles. The smallest absolute Gasteiger partial charge is 0.247 e. The van der Waals surface area contributed by atoms with Gasteiger partial charge in [0.1, 0.15) is 29.1 Å². The summed E-state index contributed by atoms with van der Waals surface area (Å²) in [6.45, 7) is 3.20. The van der Waals surface area contributed by atoms with Gasteiger partial charge >= 0.3 is 0 Å². The molecule has 1 heterocycles. The fourth-order valence-corrected chi connectivity index (χ4v) is 7.07. The maximum absolute atomic E-state index is 13.6. The molecule has 0 unspecified atom stereocenters. The number of rotatable bonds is 8. The van der Waals surface area contributed by atoms with E-state index < -0.39 is 38.1 Å². The van der Waals surface area contributed by atoms with Crippen molar-refractivity contribution >= 4 is 20.0 Å². The first kappa shape index (κ1) is 29.9. The zero-order chi connectivity index (χ0) is 28.1. The van der Waals surface area contributed by atoms with Gasteiger partial charge in [-0.25, -0.2) is 16.8 Å². The van der Waals surface area contributed by atoms with Gasteiger partial charge in [-0.3, -0.25) is 0 Å². The summed E-state index contributed by atoms with van der Waals surface area (Å²) in [5, 5.41) is 9.80. The molecule has 3 atom stereocenters. The number of hydrogen-bond acceptors (Lipinski definition) is 8. The second-order valence-corrected chi connectivity index (χ2v) is 13.0. The average molecular weight is 567 g/mol. The van der Waals surface area contributed by atoms with Crippen molar-refractivity contribution in [3.8, 4) is 23.3 Å². The van der Waals surface area contributed by atoms with Crippen molar-refractivity contribution < 1.29 is 36.2 Å². The van der Waals surface area contributed by atoms with E-state index in [1.54, 1.807) is 32.0 Å². The molecule has 10 nitrogen and oxygen atoms in total. The Morgan fingerprint density at radius 3 is 2.63 bits per heavy atom. The molecule has 12 heteroatoms. The topological polar surface area (TPSA) is 123 Å². The Kier molecular flexibility index (Phi) is 9.80. The van der Waals surface area contributed by atoms with Crippen LogP contribution in [0.15, 0.2) is 52.3 Å². The summed E-state index contributed by atoms with van der Waals surface area (Å²) in [6, 6.07) is 9.98. The van der Waals surface area contributed by atoms with Crippen LogP contribution in [0, 0.1) is 17.8 Å². The molecule has 1 aliphatic heterocycles. The minimum absolute atomic E-state index is 0.0244. The average Bonchev–Trinajstić information content (AvgIpc) is 2.90. The molecule has 0 fully saturated rings. The molecule has 0 spiro atoms. The third-order valence-electron chi connectivity index (χ3n) is 6.30. The third kappa shape index (κ3) is 6.48. The number of sulfonamides is 2. The summed E-state index contributed by atoms with van der Waals surface area (Å²) in [7, 11) is -3.52. The minimum Gasteiger partial charge on any atom is -0.497 e. The van der Waals surface area contributed by atoms with E-state index in [0.29, 0.717) is 11.3 Å². The first-order valence-corrected chi connectivity index (χ1v) is 14.8. The second kappa shape index (κ2) is 12.5. The van der Waals surface area contributed by atoms with Crippen LogP contribution in [0.4, 0.5) is 0 Å². The number of likely N-dealkylation sites (N-methyl/N-ethyl adjacent to an activating group) is 1. The zero-order valence-corrected chi connectivity index (χ0v) is 23.8. The van der Waals surface area contributed by atoms with E-state index in [1.165, 1.54) is 54.1 Å². The summed E-state index contributed by atoms with van der Waals surface area (Å²) in [4.78, 5) is -0.0163. The van der Waals surface area contributed by atoms with Crippen LogP contribution in [0.2, 0.25) is 0 Å². The van der Waals surface area contributed by atoms with Crippen molar-refractivity contribution in [2.24, 2.45) is 5.92 Å². The van der Waals surface area contributed by atoms with E-state index >= 15 is 0 Å². The first-order valence-electron chi connectivity index (χ1n) is 12.0. The van der Waals surface area contributed by atoms with Crippen molar-refractivity contribution in [1.29, 1.82) is 0 Å². The van der Waals surface area contributed by atoms with E-state index in [-0.39, 0.29) is 41.8 Å². The van der Waals surface area contributed by atoms with Crippen LogP contribution in [0.5, 0.6) is 11.5 Å². The summed E-state index contributed by atoms with van der Waals surface area (Å²) < 4.78 is 72.7. The number of methoxy groups -OCH3 is 2. The molecule has 2 aromatic rings. The van der Waals surface area contributed by atoms with Gasteiger partial charge in [0.2, 0.25) is 20.0 Å². The van der Waals surface area contributed by atoms with Crippen molar-refractivity contribution in [1.82, 2.24) is 8.61 Å². The summed E-state index contributed by atoms with van der Waals surface area (Å²) in [5.41, 5.74) is 0.516. The van der Waals surface area contributed by atoms with Gasteiger partial charge in [0.05, 0.1) is 25.2 Å². The lowest BCUT2D eigenvalue weighted by atomic mass is 10.0. The monoisotopic (exact) mass is 566 g/mol. The minimum atomic E-state index is -4.03. The predicted molar refractivity (Wildman–Crippen MR) is 142 cm³/mol. The van der Waals surface area contributed by atoms with E-state index in [0.717, 1.165) is 0 Å². The van der Waals surface area contributed by atoms with E-state index in [9.17, 15) is 21.9 Å². The zero-order valence-electron chi connectivity index (χ0n) is 22.1. The van der Waals surface area contributed by atoms with Crippen LogP contribution < -0.4 is 9.47 Å². The summed E-state index contributed by atoms with van der Waals surface area (Å²) in [5.74, 6) is 5.77. The van der Waals surface area contributed by atoms with E-state index in [2.05, 4.69) is 11.8 Å². The van der Waals surface area contributed by atoms with E-state index in [1.807, 2.05) is 0 Å². The number of hydrogen-bond donors (Lipinski definition) is 1. The Bertz CT molecular complexity index is 1400. The lowest BCUT2D eigenvalue weighted by Gasteiger charge is -2.37. The van der Waals surface area contributed by atoms with Gasteiger partial charge < -0.3 is 19.3 Å². The summed E-state index contributed by atoms with van der Waals surface area (Å²) in [6.07, 6.45) is -0.717. The highest BCUT2D eigenvalue weighted by molar-refractivity contribution is 7.89. The van der Waals surface area contributed by atoms with Crippen molar-refractivity contribution in [3.63, 3.8) is 0 Å². The van der Waals surface area contributed by atoms with Gasteiger partial charge in [0.25, 0.3) is 0 Å². The second-order valence-electron chi connectivity index (χ2n) is 9.10. The largest absolute Gasteiger partial charge is 0.497 e. The Morgan fingerprint density at radius 2 is 1.97 bits per heavy atom. The van der Waals surface area contributed by atoms with Crippen LogP contribution in [-0.2, 0) is 24.8 Å². The number of ether oxygens (including phenoxy) is 3. The highest BCUT2D eigenvalue weighted by atomic mass is 32.2. The molecule has 1 aliphatic rings. The Hall–Kier alpha value is -2.66. The van der Waals surface area contributed by atoms with Crippen molar-refractivity contribution in [2.45, 2.75) is 35.8 Å². The highest BCUT2D eigenvalue weighted by Gasteiger charge is 2.39. The van der Waals surface area contributed by atoms with Crippen LogP contribution >= 0.6 is 0 Å². The molecular formula is C26H34N2O8S2. The molecule has 1 N–H and O–H groups in total. The number of benzene rings is 2. The molecule has 0 bridgehead atoms. The molecule has 0 saturated carbocycles. The van der Waals surface area contributed by atoms with Gasteiger partial charge in [-0.1, -0.05) is 24.8 Å². The number of nitrogens with zero attached hydrogens (tertiary/aromatic N) is 2. The Balaban J connectivity index is 2.04. The standard InChI is InChI=1S/C26H34N2O8S2/c1-19-16-28(20(2)18-29)38(32,33)26-12-11-21(8-7-13-34-4)14-24(26)36-25(19)17-27(3)37(30,31)23-10-6-9-22(15-23)35-5/h6,9-12,14-15,19-20,25,29H,13,16-18H2,1-5H3/t19-,20+,25+/m1/s1. The molecule has 208 valence electrons. The SMILES string of the molecule is COCC#Cc1ccc2c(c1)O[C@@H](CN(C)S(=O)(=O)c1cccc(OC)c1)[C@H](C)CN([C@@H](C)CO)S2(=O)=O. The van der Waals surface area contributed by atoms with Crippen LogP contribution in [0.1, 0.15) is 19.4 Å². The molecule has 3 rings (SSSR count). The fourth-order valence-electron chi connectivity index (χ4n) is 4.02. The fraction of sp³-hybridized carbons (Fsp3) is 0.462. The van der Waals surface area contributed by atoms with Gasteiger partial charge in [0.15, 0.2) is 0 Å². The molecule has 0 radical (unpaired) electrons. The maximum atomic E-state index is 13.6. The predicted octanol–water partition coefficient (Wildman–Crippen LogP) is 1.78. The van der Waals surface area contributed by atoms with Crippen LogP contribution in [-0.4, -0.2) is 90.3 Å². The number of fused-ring (bicyclic) bond motifs is 1. The first-order chi connectivity index (χ1) is 17.9. The molecule has 0 aromatic heterocycles. The Labute approximate surface area is 225 Å².